The van der Waals surface area contributed by atoms with Crippen LogP contribution in [0.1, 0.15) is 45.0 Å². The zero-order valence-corrected chi connectivity index (χ0v) is 14.4. The topological polar surface area (TPSA) is 24.3 Å². The zero-order chi connectivity index (χ0) is 15.8. The highest BCUT2D eigenvalue weighted by Crippen LogP contribution is 2.25. The Labute approximate surface area is 139 Å². The van der Waals surface area contributed by atoms with Crippen LogP contribution >= 0.6 is 0 Å². The molecular formula is C19H28N4. The second-order valence-corrected chi connectivity index (χ2v) is 7.40. The SMILES string of the molecule is CC(C)n1c(CN2CCCN3CCC[C@H]3C2)nc2ccccc21. The lowest BCUT2D eigenvalue weighted by molar-refractivity contribution is 0.210. The van der Waals surface area contributed by atoms with Crippen molar-refractivity contribution in [2.75, 3.05) is 26.2 Å². The molecule has 0 unspecified atom stereocenters. The van der Waals surface area contributed by atoms with E-state index in [2.05, 4.69) is 52.5 Å². The highest BCUT2D eigenvalue weighted by molar-refractivity contribution is 5.76. The molecule has 1 aromatic carbocycles. The van der Waals surface area contributed by atoms with Crippen molar-refractivity contribution in [3.05, 3.63) is 30.1 Å². The predicted octanol–water partition coefficient (Wildman–Crippen LogP) is 3.29. The van der Waals surface area contributed by atoms with E-state index in [1.165, 1.54) is 56.8 Å². The van der Waals surface area contributed by atoms with Gasteiger partial charge in [0, 0.05) is 18.6 Å². The van der Waals surface area contributed by atoms with Gasteiger partial charge in [0.25, 0.3) is 0 Å². The van der Waals surface area contributed by atoms with Crippen molar-refractivity contribution in [3.8, 4) is 0 Å². The number of para-hydroxylation sites is 2. The number of hydrogen-bond acceptors (Lipinski definition) is 3. The van der Waals surface area contributed by atoms with E-state index in [1.54, 1.807) is 0 Å². The first-order chi connectivity index (χ1) is 11.2. The maximum absolute atomic E-state index is 4.95. The Morgan fingerprint density at radius 2 is 1.96 bits per heavy atom. The summed E-state index contributed by atoms with van der Waals surface area (Å²) in [5.74, 6) is 1.23. The molecule has 2 aliphatic heterocycles. The van der Waals surface area contributed by atoms with Crippen molar-refractivity contribution >= 4 is 11.0 Å². The molecule has 1 atom stereocenters. The largest absolute Gasteiger partial charge is 0.324 e. The first kappa shape index (κ1) is 15.2. The van der Waals surface area contributed by atoms with Crippen molar-refractivity contribution < 1.29 is 0 Å². The molecule has 2 fully saturated rings. The molecule has 2 saturated heterocycles. The smallest absolute Gasteiger partial charge is 0.124 e. The summed E-state index contributed by atoms with van der Waals surface area (Å²) in [6, 6.07) is 9.77. The van der Waals surface area contributed by atoms with Crippen LogP contribution in [0.15, 0.2) is 24.3 Å². The van der Waals surface area contributed by atoms with Gasteiger partial charge in [0.05, 0.1) is 17.6 Å². The molecule has 23 heavy (non-hydrogen) atoms. The van der Waals surface area contributed by atoms with E-state index in [-0.39, 0.29) is 0 Å². The van der Waals surface area contributed by atoms with Gasteiger partial charge < -0.3 is 4.57 Å². The second-order valence-electron chi connectivity index (χ2n) is 7.40. The van der Waals surface area contributed by atoms with E-state index in [9.17, 15) is 0 Å². The molecule has 0 radical (unpaired) electrons. The summed E-state index contributed by atoms with van der Waals surface area (Å²) in [5.41, 5.74) is 2.41. The van der Waals surface area contributed by atoms with E-state index in [0.29, 0.717) is 6.04 Å². The maximum atomic E-state index is 4.95. The lowest BCUT2D eigenvalue weighted by Gasteiger charge is -2.26. The fourth-order valence-electron chi connectivity index (χ4n) is 4.41. The number of aromatic nitrogens is 2. The van der Waals surface area contributed by atoms with Gasteiger partial charge >= 0.3 is 0 Å². The quantitative estimate of drug-likeness (QED) is 0.869. The molecule has 0 amide bonds. The lowest BCUT2D eigenvalue weighted by atomic mass is 10.2. The monoisotopic (exact) mass is 312 g/mol. The van der Waals surface area contributed by atoms with Crippen molar-refractivity contribution in [2.45, 2.75) is 51.7 Å². The molecule has 0 N–H and O–H groups in total. The molecule has 1 aromatic heterocycles. The number of nitrogens with zero attached hydrogens (tertiary/aromatic N) is 4. The third kappa shape index (κ3) is 2.90. The molecule has 124 valence electrons. The molecule has 4 heteroatoms. The van der Waals surface area contributed by atoms with E-state index < -0.39 is 0 Å². The number of imidazole rings is 1. The molecule has 2 aromatic rings. The summed E-state index contributed by atoms with van der Waals surface area (Å²) >= 11 is 0. The van der Waals surface area contributed by atoms with Crippen molar-refractivity contribution in [1.29, 1.82) is 0 Å². The first-order valence-electron chi connectivity index (χ1n) is 9.14. The Bertz CT molecular complexity index is 675. The standard InChI is InChI=1S/C19H28N4/c1-15(2)23-18-9-4-3-8-17(18)20-19(23)14-21-10-6-12-22-11-5-7-16(22)13-21/h3-4,8-9,15-16H,5-7,10-14H2,1-2H3/t16-/m0/s1. The van der Waals surface area contributed by atoms with E-state index in [4.69, 9.17) is 4.98 Å². The minimum Gasteiger partial charge on any atom is -0.324 e. The van der Waals surface area contributed by atoms with Gasteiger partial charge in [0.1, 0.15) is 5.82 Å². The molecule has 4 nitrogen and oxygen atoms in total. The summed E-state index contributed by atoms with van der Waals surface area (Å²) in [6.07, 6.45) is 4.04. The zero-order valence-electron chi connectivity index (χ0n) is 14.4. The first-order valence-corrected chi connectivity index (χ1v) is 9.14. The molecule has 0 bridgehead atoms. The van der Waals surface area contributed by atoms with E-state index >= 15 is 0 Å². The minimum absolute atomic E-state index is 0.451. The summed E-state index contributed by atoms with van der Waals surface area (Å²) < 4.78 is 2.42. The third-order valence-corrected chi connectivity index (χ3v) is 5.44. The van der Waals surface area contributed by atoms with Gasteiger partial charge in [-0.3, -0.25) is 9.80 Å². The van der Waals surface area contributed by atoms with Gasteiger partial charge in [-0.25, -0.2) is 4.98 Å². The highest BCUT2D eigenvalue weighted by Gasteiger charge is 2.29. The van der Waals surface area contributed by atoms with Crippen LogP contribution in [0.2, 0.25) is 0 Å². The average molecular weight is 312 g/mol. The molecule has 0 spiro atoms. The maximum Gasteiger partial charge on any atom is 0.124 e. The fraction of sp³-hybridized carbons (Fsp3) is 0.632. The van der Waals surface area contributed by atoms with Crippen LogP contribution in [0.5, 0.6) is 0 Å². The van der Waals surface area contributed by atoms with Gasteiger partial charge in [-0.05, 0) is 64.9 Å². The van der Waals surface area contributed by atoms with Gasteiger partial charge in [0.15, 0.2) is 0 Å². The summed E-state index contributed by atoms with van der Waals surface area (Å²) in [6.45, 7) is 10.5. The second kappa shape index (κ2) is 6.25. The summed E-state index contributed by atoms with van der Waals surface area (Å²) in [7, 11) is 0. The Hall–Kier alpha value is -1.39. The van der Waals surface area contributed by atoms with Crippen molar-refractivity contribution in [3.63, 3.8) is 0 Å². The van der Waals surface area contributed by atoms with Crippen molar-refractivity contribution in [2.24, 2.45) is 0 Å². The molecule has 0 aliphatic carbocycles. The Balaban J connectivity index is 1.60. The molecular weight excluding hydrogens is 284 g/mol. The molecule has 4 rings (SSSR count). The predicted molar refractivity (Wildman–Crippen MR) is 94.6 cm³/mol. The van der Waals surface area contributed by atoms with Crippen LogP contribution in [0, 0.1) is 0 Å². The van der Waals surface area contributed by atoms with Gasteiger partial charge in [0.2, 0.25) is 0 Å². The van der Waals surface area contributed by atoms with Crippen LogP contribution in [0.25, 0.3) is 11.0 Å². The summed E-state index contributed by atoms with van der Waals surface area (Å²) in [4.78, 5) is 10.3. The molecule has 2 aliphatic rings. The number of fused-ring (bicyclic) bond motifs is 2. The average Bonchev–Trinajstić information content (AvgIpc) is 3.06. The van der Waals surface area contributed by atoms with Crippen LogP contribution in [0.3, 0.4) is 0 Å². The van der Waals surface area contributed by atoms with Crippen LogP contribution < -0.4 is 0 Å². The number of hydrogen-bond donors (Lipinski definition) is 0. The van der Waals surface area contributed by atoms with Gasteiger partial charge in [-0.1, -0.05) is 12.1 Å². The minimum atomic E-state index is 0.451. The van der Waals surface area contributed by atoms with Crippen LogP contribution in [0.4, 0.5) is 0 Å². The number of benzene rings is 1. The fourth-order valence-corrected chi connectivity index (χ4v) is 4.41. The molecule has 0 saturated carbocycles. The van der Waals surface area contributed by atoms with E-state index in [0.717, 1.165) is 18.1 Å². The summed E-state index contributed by atoms with van der Waals surface area (Å²) in [5, 5.41) is 0. The Kier molecular flexibility index (Phi) is 4.12. The van der Waals surface area contributed by atoms with Crippen LogP contribution in [-0.2, 0) is 6.54 Å². The van der Waals surface area contributed by atoms with E-state index in [1.807, 2.05) is 0 Å². The molecule has 3 heterocycles. The van der Waals surface area contributed by atoms with Gasteiger partial charge in [-0.15, -0.1) is 0 Å². The van der Waals surface area contributed by atoms with Crippen LogP contribution in [-0.4, -0.2) is 51.6 Å². The highest BCUT2D eigenvalue weighted by atomic mass is 15.3. The van der Waals surface area contributed by atoms with Crippen molar-refractivity contribution in [1.82, 2.24) is 19.4 Å². The number of rotatable bonds is 3. The third-order valence-electron chi connectivity index (χ3n) is 5.44. The van der Waals surface area contributed by atoms with Gasteiger partial charge in [-0.2, -0.15) is 0 Å². The normalized spacial score (nSPS) is 23.5. The lowest BCUT2D eigenvalue weighted by Crippen LogP contribution is -2.36. The Morgan fingerprint density at radius 3 is 2.83 bits per heavy atom. The Morgan fingerprint density at radius 1 is 1.13 bits per heavy atom.